The lowest BCUT2D eigenvalue weighted by Crippen LogP contribution is -2.48. The second-order valence-corrected chi connectivity index (χ2v) is 5.70. The van der Waals surface area contributed by atoms with Crippen molar-refractivity contribution in [2.24, 2.45) is 0 Å². The summed E-state index contributed by atoms with van der Waals surface area (Å²) in [6, 6.07) is 5.24. The molecule has 17 heavy (non-hydrogen) atoms. The Morgan fingerprint density at radius 2 is 2.12 bits per heavy atom. The predicted octanol–water partition coefficient (Wildman–Crippen LogP) is 2.31. The molecule has 1 aromatic rings. The van der Waals surface area contributed by atoms with Crippen LogP contribution in [0.2, 0.25) is 0 Å². The van der Waals surface area contributed by atoms with Crippen molar-refractivity contribution in [2.75, 3.05) is 0 Å². The number of carbonyl (C=O) groups is 1. The molecule has 0 saturated carbocycles. The molecular weight excluding hydrogens is 217 g/mol. The molecule has 1 amide bonds. The highest BCUT2D eigenvalue weighted by Gasteiger charge is 2.56. The fraction of sp³-hybridized carbons (Fsp3) is 0.500. The lowest BCUT2D eigenvalue weighted by Gasteiger charge is -2.38. The zero-order valence-corrected chi connectivity index (χ0v) is 10.1. The molecule has 90 valence electrons. The van der Waals surface area contributed by atoms with Crippen LogP contribution in [0.3, 0.4) is 0 Å². The third kappa shape index (κ3) is 1.22. The molecule has 1 N–H and O–H groups in total. The maximum Gasteiger partial charge on any atom is 0.221 e. The lowest BCUT2D eigenvalue weighted by atomic mass is 9.68. The molecule has 1 saturated heterocycles. The van der Waals surface area contributed by atoms with Gasteiger partial charge in [0.1, 0.15) is 5.82 Å². The molecule has 1 unspecified atom stereocenters. The van der Waals surface area contributed by atoms with Gasteiger partial charge in [-0.15, -0.1) is 0 Å². The van der Waals surface area contributed by atoms with Crippen LogP contribution in [0.15, 0.2) is 18.2 Å². The van der Waals surface area contributed by atoms with Gasteiger partial charge in [-0.1, -0.05) is 12.1 Å². The Bertz CT molecular complexity index is 509. The van der Waals surface area contributed by atoms with Gasteiger partial charge in [0.25, 0.3) is 0 Å². The third-order valence-corrected chi connectivity index (χ3v) is 4.55. The van der Waals surface area contributed by atoms with Gasteiger partial charge in [0.05, 0.1) is 0 Å². The molecule has 1 aliphatic carbocycles. The standard InChI is InChI=1S/C14H16FNO/c1-13(2)14(8-12(17)16-13)7-6-9-10(14)4-3-5-11(9)15/h3-5H,6-8H2,1-2H3,(H,16,17). The molecule has 1 spiro atoms. The van der Waals surface area contributed by atoms with Gasteiger partial charge in [-0.05, 0) is 43.9 Å². The summed E-state index contributed by atoms with van der Waals surface area (Å²) in [7, 11) is 0. The minimum absolute atomic E-state index is 0.0760. The number of hydrogen-bond donors (Lipinski definition) is 1. The van der Waals surface area contributed by atoms with Crippen molar-refractivity contribution in [3.05, 3.63) is 35.1 Å². The Morgan fingerprint density at radius 1 is 1.35 bits per heavy atom. The van der Waals surface area contributed by atoms with Crippen LogP contribution >= 0.6 is 0 Å². The Labute approximate surface area is 100 Å². The quantitative estimate of drug-likeness (QED) is 0.732. The number of halogens is 1. The van der Waals surface area contributed by atoms with Crippen LogP contribution < -0.4 is 5.32 Å². The zero-order chi connectivity index (χ0) is 12.3. The summed E-state index contributed by atoms with van der Waals surface area (Å²) in [5, 5.41) is 3.02. The first kappa shape index (κ1) is 10.8. The summed E-state index contributed by atoms with van der Waals surface area (Å²) in [4.78, 5) is 11.7. The van der Waals surface area contributed by atoms with E-state index in [2.05, 4.69) is 5.32 Å². The summed E-state index contributed by atoms with van der Waals surface area (Å²) in [5.74, 6) is -0.0540. The van der Waals surface area contributed by atoms with Crippen molar-refractivity contribution >= 4 is 5.91 Å². The van der Waals surface area contributed by atoms with E-state index in [1.807, 2.05) is 19.9 Å². The van der Waals surface area contributed by atoms with Crippen molar-refractivity contribution in [1.82, 2.24) is 5.32 Å². The van der Waals surface area contributed by atoms with Gasteiger partial charge in [0, 0.05) is 17.4 Å². The fourth-order valence-corrected chi connectivity index (χ4v) is 3.57. The van der Waals surface area contributed by atoms with Crippen molar-refractivity contribution < 1.29 is 9.18 Å². The molecule has 1 heterocycles. The van der Waals surface area contributed by atoms with E-state index in [1.54, 1.807) is 6.07 Å². The molecule has 2 aliphatic rings. The number of fused-ring (bicyclic) bond motifs is 2. The first-order valence-electron chi connectivity index (χ1n) is 6.05. The molecule has 2 nitrogen and oxygen atoms in total. The highest BCUT2D eigenvalue weighted by molar-refractivity contribution is 5.83. The van der Waals surface area contributed by atoms with Gasteiger partial charge < -0.3 is 5.32 Å². The topological polar surface area (TPSA) is 29.1 Å². The van der Waals surface area contributed by atoms with E-state index in [-0.39, 0.29) is 22.7 Å². The monoisotopic (exact) mass is 233 g/mol. The maximum atomic E-state index is 13.8. The molecule has 0 bridgehead atoms. The third-order valence-electron chi connectivity index (χ3n) is 4.55. The smallest absolute Gasteiger partial charge is 0.221 e. The normalized spacial score (nSPS) is 29.5. The van der Waals surface area contributed by atoms with Crippen molar-refractivity contribution in [3.63, 3.8) is 0 Å². The summed E-state index contributed by atoms with van der Waals surface area (Å²) in [6.45, 7) is 4.08. The maximum absolute atomic E-state index is 13.8. The van der Waals surface area contributed by atoms with Gasteiger partial charge >= 0.3 is 0 Å². The molecule has 0 aromatic heterocycles. The number of nitrogens with one attached hydrogen (secondary N) is 1. The number of rotatable bonds is 0. The summed E-state index contributed by atoms with van der Waals surface area (Å²) < 4.78 is 13.8. The van der Waals surface area contributed by atoms with Crippen LogP contribution in [0.4, 0.5) is 4.39 Å². The Kier molecular flexibility index (Phi) is 1.96. The van der Waals surface area contributed by atoms with Crippen LogP contribution in [0.25, 0.3) is 0 Å². The van der Waals surface area contributed by atoms with E-state index >= 15 is 0 Å². The number of benzene rings is 1. The second-order valence-electron chi connectivity index (χ2n) is 5.70. The summed E-state index contributed by atoms with van der Waals surface area (Å²) in [6.07, 6.45) is 2.08. The minimum atomic E-state index is -0.289. The molecule has 3 rings (SSSR count). The van der Waals surface area contributed by atoms with E-state index in [0.717, 1.165) is 24.0 Å². The van der Waals surface area contributed by atoms with E-state index in [0.29, 0.717) is 6.42 Å². The highest BCUT2D eigenvalue weighted by Crippen LogP contribution is 2.51. The molecule has 3 heteroatoms. The van der Waals surface area contributed by atoms with Crippen molar-refractivity contribution in [1.29, 1.82) is 0 Å². The van der Waals surface area contributed by atoms with Gasteiger partial charge in [-0.25, -0.2) is 4.39 Å². The first-order chi connectivity index (χ1) is 7.96. The largest absolute Gasteiger partial charge is 0.350 e. The second kappa shape index (κ2) is 3.09. The van der Waals surface area contributed by atoms with Crippen molar-refractivity contribution in [2.45, 2.75) is 44.1 Å². The van der Waals surface area contributed by atoms with Gasteiger partial charge in [0.2, 0.25) is 5.91 Å². The molecular formula is C14H16FNO. The summed E-state index contributed by atoms with van der Waals surface area (Å²) >= 11 is 0. The average Bonchev–Trinajstić information content (AvgIpc) is 2.69. The predicted molar refractivity (Wildman–Crippen MR) is 63.2 cm³/mol. The number of carbonyl (C=O) groups excluding carboxylic acids is 1. The van der Waals surface area contributed by atoms with Gasteiger partial charge in [0.15, 0.2) is 0 Å². The molecule has 0 radical (unpaired) electrons. The van der Waals surface area contributed by atoms with Crippen molar-refractivity contribution in [3.8, 4) is 0 Å². The SMILES string of the molecule is CC1(C)NC(=O)CC12CCc1c(F)cccc12. The Hall–Kier alpha value is -1.38. The molecule has 1 aliphatic heterocycles. The minimum Gasteiger partial charge on any atom is -0.350 e. The highest BCUT2D eigenvalue weighted by atomic mass is 19.1. The van der Waals surface area contributed by atoms with Crippen LogP contribution in [0, 0.1) is 5.82 Å². The van der Waals surface area contributed by atoms with Crippen LogP contribution in [-0.4, -0.2) is 11.4 Å². The molecule has 1 aromatic carbocycles. The molecule has 1 atom stereocenters. The zero-order valence-electron chi connectivity index (χ0n) is 10.1. The van der Waals surface area contributed by atoms with Gasteiger partial charge in [-0.2, -0.15) is 0 Å². The average molecular weight is 233 g/mol. The Balaban J connectivity index is 2.21. The van der Waals surface area contributed by atoms with Crippen LogP contribution in [-0.2, 0) is 16.6 Å². The van der Waals surface area contributed by atoms with Gasteiger partial charge in [-0.3, -0.25) is 4.79 Å². The van der Waals surface area contributed by atoms with Crippen LogP contribution in [0.1, 0.15) is 37.8 Å². The molecule has 1 fully saturated rings. The van der Waals surface area contributed by atoms with E-state index in [1.165, 1.54) is 6.07 Å². The number of hydrogen-bond acceptors (Lipinski definition) is 1. The summed E-state index contributed by atoms with van der Waals surface area (Å²) in [5.41, 5.74) is 1.32. The number of amides is 1. The van der Waals surface area contributed by atoms with Crippen LogP contribution in [0.5, 0.6) is 0 Å². The lowest BCUT2D eigenvalue weighted by molar-refractivity contribution is -0.119. The first-order valence-corrected chi connectivity index (χ1v) is 6.05. The fourth-order valence-electron chi connectivity index (χ4n) is 3.57. The Morgan fingerprint density at radius 3 is 2.76 bits per heavy atom. The van der Waals surface area contributed by atoms with E-state index in [4.69, 9.17) is 0 Å². The van der Waals surface area contributed by atoms with E-state index < -0.39 is 0 Å². The van der Waals surface area contributed by atoms with E-state index in [9.17, 15) is 9.18 Å².